The number of likely N-dealkylation sites (N-methyl/N-ethyl adjacent to an activating group) is 1. The molecule has 20 heavy (non-hydrogen) atoms. The van der Waals surface area contributed by atoms with Gasteiger partial charge in [0.1, 0.15) is 0 Å². The van der Waals surface area contributed by atoms with E-state index in [0.29, 0.717) is 6.04 Å². The van der Waals surface area contributed by atoms with E-state index >= 15 is 0 Å². The molecule has 5 heteroatoms. The molecule has 3 heterocycles. The molecule has 0 fully saturated rings. The van der Waals surface area contributed by atoms with Gasteiger partial charge in [-0.1, -0.05) is 13.0 Å². The van der Waals surface area contributed by atoms with Crippen molar-refractivity contribution in [2.24, 2.45) is 0 Å². The smallest absolute Gasteiger partial charge is 0.0709 e. The summed E-state index contributed by atoms with van der Waals surface area (Å²) in [6, 6.07) is 10.8. The van der Waals surface area contributed by atoms with Crippen LogP contribution < -0.4 is 5.32 Å². The fraction of sp³-hybridized carbons (Fsp3) is 0.267. The lowest BCUT2D eigenvalue weighted by Gasteiger charge is -2.16. The Kier molecular flexibility index (Phi) is 4.19. The fourth-order valence-corrected chi connectivity index (χ4v) is 3.95. The molecule has 1 unspecified atom stereocenters. The van der Waals surface area contributed by atoms with E-state index in [1.807, 2.05) is 23.0 Å². The Balaban J connectivity index is 1.93. The molecule has 0 radical (unpaired) electrons. The zero-order valence-corrected chi connectivity index (χ0v) is 13.6. The summed E-state index contributed by atoms with van der Waals surface area (Å²) in [6.07, 6.45) is 4.95. The van der Waals surface area contributed by atoms with Crippen molar-refractivity contribution in [3.63, 3.8) is 0 Å². The van der Waals surface area contributed by atoms with Gasteiger partial charge >= 0.3 is 0 Å². The van der Waals surface area contributed by atoms with E-state index in [0.717, 1.165) is 13.0 Å². The molecule has 0 saturated heterocycles. The first kappa shape index (κ1) is 13.8. The second-order valence-electron chi connectivity index (χ2n) is 4.65. The van der Waals surface area contributed by atoms with Crippen LogP contribution >= 0.6 is 27.3 Å². The van der Waals surface area contributed by atoms with E-state index in [4.69, 9.17) is 0 Å². The van der Waals surface area contributed by atoms with Crippen molar-refractivity contribution in [1.29, 1.82) is 0 Å². The van der Waals surface area contributed by atoms with Gasteiger partial charge < -0.3 is 5.32 Å². The lowest BCUT2D eigenvalue weighted by molar-refractivity contribution is 0.556. The van der Waals surface area contributed by atoms with Crippen molar-refractivity contribution >= 4 is 32.8 Å². The number of halogens is 1. The number of rotatable bonds is 5. The summed E-state index contributed by atoms with van der Waals surface area (Å²) in [6.45, 7) is 3.09. The van der Waals surface area contributed by atoms with Crippen LogP contribution in [0.15, 0.2) is 46.5 Å². The first-order valence-corrected chi connectivity index (χ1v) is 8.28. The third-order valence-corrected chi connectivity index (χ3v) is 4.96. The van der Waals surface area contributed by atoms with Crippen molar-refractivity contribution < 1.29 is 0 Å². The number of nitrogens with zero attached hydrogens (tertiary/aromatic N) is 2. The third-order valence-electron chi connectivity index (χ3n) is 3.32. The summed E-state index contributed by atoms with van der Waals surface area (Å²) in [5.74, 6) is 0. The van der Waals surface area contributed by atoms with E-state index in [1.165, 1.54) is 19.7 Å². The Labute approximate surface area is 130 Å². The van der Waals surface area contributed by atoms with Crippen LogP contribution in [0.25, 0.3) is 5.52 Å². The third kappa shape index (κ3) is 2.80. The molecule has 1 N–H and O–H groups in total. The molecule has 0 aliphatic carbocycles. The van der Waals surface area contributed by atoms with Crippen molar-refractivity contribution in [2.45, 2.75) is 19.4 Å². The number of hydrogen-bond acceptors (Lipinski definition) is 3. The maximum atomic E-state index is 4.44. The van der Waals surface area contributed by atoms with Crippen molar-refractivity contribution in [3.8, 4) is 0 Å². The number of nitrogens with one attached hydrogen (secondary N) is 1. The van der Waals surface area contributed by atoms with Crippen LogP contribution in [0.1, 0.15) is 23.4 Å². The molecule has 1 atom stereocenters. The SMILES string of the molecule is CCNC(Cc1ccc(Br)s1)c1cnn2ccccc12. The Hall–Kier alpha value is -1.17. The second kappa shape index (κ2) is 6.08. The quantitative estimate of drug-likeness (QED) is 0.752. The van der Waals surface area contributed by atoms with Crippen LogP contribution in [0.2, 0.25) is 0 Å². The first-order valence-electron chi connectivity index (χ1n) is 6.68. The molecule has 3 nitrogen and oxygen atoms in total. The Morgan fingerprint density at radius 2 is 2.25 bits per heavy atom. The summed E-state index contributed by atoms with van der Waals surface area (Å²) < 4.78 is 3.12. The van der Waals surface area contributed by atoms with Crippen LogP contribution in [0.4, 0.5) is 0 Å². The van der Waals surface area contributed by atoms with Gasteiger partial charge in [-0.2, -0.15) is 5.10 Å². The number of fused-ring (bicyclic) bond motifs is 1. The number of aromatic nitrogens is 2. The van der Waals surface area contributed by atoms with Gasteiger partial charge in [-0.25, -0.2) is 4.52 Å². The van der Waals surface area contributed by atoms with Gasteiger partial charge in [0.15, 0.2) is 0 Å². The number of hydrogen-bond donors (Lipinski definition) is 1. The van der Waals surface area contributed by atoms with Crippen LogP contribution in [0.5, 0.6) is 0 Å². The van der Waals surface area contributed by atoms with E-state index in [2.05, 4.69) is 57.5 Å². The molecule has 3 aromatic rings. The molecular formula is C15H16BrN3S. The van der Waals surface area contributed by atoms with E-state index < -0.39 is 0 Å². The van der Waals surface area contributed by atoms with Crippen molar-refractivity contribution in [1.82, 2.24) is 14.9 Å². The minimum Gasteiger partial charge on any atom is -0.310 e. The maximum Gasteiger partial charge on any atom is 0.0709 e. The molecule has 0 aliphatic rings. The summed E-state index contributed by atoms with van der Waals surface area (Å²) in [4.78, 5) is 1.37. The summed E-state index contributed by atoms with van der Waals surface area (Å²) in [5, 5.41) is 8.01. The van der Waals surface area contributed by atoms with Crippen LogP contribution in [0, 0.1) is 0 Å². The van der Waals surface area contributed by atoms with Gasteiger partial charge in [0.05, 0.1) is 15.5 Å². The van der Waals surface area contributed by atoms with Gasteiger partial charge in [0.2, 0.25) is 0 Å². The van der Waals surface area contributed by atoms with Crippen molar-refractivity contribution in [3.05, 3.63) is 57.0 Å². The maximum absolute atomic E-state index is 4.44. The van der Waals surface area contributed by atoms with E-state index in [-0.39, 0.29) is 0 Å². The van der Waals surface area contributed by atoms with Gasteiger partial charge in [0, 0.05) is 29.1 Å². The average molecular weight is 350 g/mol. The Morgan fingerprint density at radius 1 is 1.35 bits per heavy atom. The predicted octanol–water partition coefficient (Wildman–Crippen LogP) is 4.05. The minimum absolute atomic E-state index is 0.297. The predicted molar refractivity (Wildman–Crippen MR) is 87.3 cm³/mol. The lowest BCUT2D eigenvalue weighted by atomic mass is 10.0. The largest absolute Gasteiger partial charge is 0.310 e. The monoisotopic (exact) mass is 349 g/mol. The average Bonchev–Trinajstić information content (AvgIpc) is 3.04. The summed E-state index contributed by atoms with van der Waals surface area (Å²) >= 11 is 5.33. The highest BCUT2D eigenvalue weighted by Crippen LogP contribution is 2.28. The van der Waals surface area contributed by atoms with Gasteiger partial charge in [-0.3, -0.25) is 0 Å². The van der Waals surface area contributed by atoms with Gasteiger partial charge in [0.25, 0.3) is 0 Å². The molecule has 0 saturated carbocycles. The van der Waals surface area contributed by atoms with Crippen LogP contribution in [-0.4, -0.2) is 16.2 Å². The molecule has 0 aromatic carbocycles. The highest BCUT2D eigenvalue weighted by molar-refractivity contribution is 9.11. The molecule has 0 bridgehead atoms. The fourth-order valence-electron chi connectivity index (χ4n) is 2.42. The highest BCUT2D eigenvalue weighted by atomic mass is 79.9. The standard InChI is InChI=1S/C15H16BrN3S/c1-2-17-13(9-11-6-7-15(16)20-11)12-10-18-19-8-4-3-5-14(12)19/h3-8,10,13,17H,2,9H2,1H3. The molecule has 3 aromatic heterocycles. The van der Waals surface area contributed by atoms with E-state index in [9.17, 15) is 0 Å². The lowest BCUT2D eigenvalue weighted by Crippen LogP contribution is -2.22. The zero-order chi connectivity index (χ0) is 13.9. The molecule has 0 aliphatic heterocycles. The van der Waals surface area contributed by atoms with Crippen LogP contribution in [0.3, 0.4) is 0 Å². The van der Waals surface area contributed by atoms with Crippen molar-refractivity contribution in [2.75, 3.05) is 6.54 Å². The minimum atomic E-state index is 0.297. The van der Waals surface area contributed by atoms with Crippen LogP contribution in [-0.2, 0) is 6.42 Å². The Bertz CT molecular complexity index is 704. The second-order valence-corrected chi connectivity index (χ2v) is 7.20. The molecule has 0 amide bonds. The molecule has 104 valence electrons. The molecule has 3 rings (SSSR count). The highest BCUT2D eigenvalue weighted by Gasteiger charge is 2.16. The zero-order valence-electron chi connectivity index (χ0n) is 11.2. The summed E-state index contributed by atoms with van der Waals surface area (Å²) in [5.41, 5.74) is 2.44. The van der Waals surface area contributed by atoms with Gasteiger partial charge in [-0.15, -0.1) is 11.3 Å². The number of thiophene rings is 1. The first-order chi connectivity index (χ1) is 9.78. The molecule has 0 spiro atoms. The Morgan fingerprint density at radius 3 is 3.00 bits per heavy atom. The molecular weight excluding hydrogens is 334 g/mol. The van der Waals surface area contributed by atoms with Gasteiger partial charge in [-0.05, 0) is 46.7 Å². The number of pyridine rings is 1. The summed E-state index contributed by atoms with van der Waals surface area (Å²) in [7, 11) is 0. The topological polar surface area (TPSA) is 29.3 Å². The normalized spacial score (nSPS) is 12.9. The van der Waals surface area contributed by atoms with E-state index in [1.54, 1.807) is 11.3 Å².